The van der Waals surface area contributed by atoms with Crippen molar-refractivity contribution in [1.29, 1.82) is 0 Å². The minimum Gasteiger partial charge on any atom is -0.393 e. The minimum atomic E-state index is -0.244. The van der Waals surface area contributed by atoms with Crippen LogP contribution in [0.3, 0.4) is 0 Å². The van der Waals surface area contributed by atoms with Crippen LogP contribution in [0.25, 0.3) is 11.0 Å². The van der Waals surface area contributed by atoms with Crippen LogP contribution >= 0.6 is 11.8 Å². The first-order valence-corrected chi connectivity index (χ1v) is 8.70. The molecular formula is C16H21N3O2S. The molecule has 5 nitrogen and oxygen atoms in total. The van der Waals surface area contributed by atoms with Crippen LogP contribution in [0, 0.1) is 0 Å². The lowest BCUT2D eigenvalue weighted by Crippen LogP contribution is -2.41. The first kappa shape index (κ1) is 15.4. The fourth-order valence-corrected chi connectivity index (χ4v) is 3.49. The van der Waals surface area contributed by atoms with Gasteiger partial charge in [-0.3, -0.25) is 4.79 Å². The fraction of sp³-hybridized carbons (Fsp3) is 0.500. The van der Waals surface area contributed by atoms with E-state index < -0.39 is 0 Å². The van der Waals surface area contributed by atoms with Crippen LogP contribution in [0.5, 0.6) is 0 Å². The Morgan fingerprint density at radius 1 is 1.45 bits per heavy atom. The lowest BCUT2D eigenvalue weighted by molar-refractivity contribution is -0.130. The van der Waals surface area contributed by atoms with E-state index in [1.165, 1.54) is 0 Å². The molecule has 0 spiro atoms. The third-order valence-corrected chi connectivity index (χ3v) is 5.20. The lowest BCUT2D eigenvalue weighted by atomic mass is 10.1. The van der Waals surface area contributed by atoms with Gasteiger partial charge in [-0.25, -0.2) is 4.98 Å². The van der Waals surface area contributed by atoms with E-state index >= 15 is 0 Å². The normalized spacial score (nSPS) is 17.8. The maximum Gasteiger partial charge on any atom is 0.232 e. The van der Waals surface area contributed by atoms with Gasteiger partial charge in [-0.1, -0.05) is 12.1 Å². The summed E-state index contributed by atoms with van der Waals surface area (Å²) in [5.41, 5.74) is 1.99. The molecule has 22 heavy (non-hydrogen) atoms. The molecule has 2 heterocycles. The average Bonchev–Trinajstić information content (AvgIpc) is 2.97. The number of hydrogen-bond donors (Lipinski definition) is 2. The predicted molar refractivity (Wildman–Crippen MR) is 88.8 cm³/mol. The number of imidazole rings is 1. The molecule has 1 aromatic carbocycles. The van der Waals surface area contributed by atoms with Crippen molar-refractivity contribution in [1.82, 2.24) is 14.9 Å². The van der Waals surface area contributed by atoms with Crippen molar-refractivity contribution in [3.05, 3.63) is 30.1 Å². The number of nitrogens with zero attached hydrogens (tertiary/aromatic N) is 2. The highest BCUT2D eigenvalue weighted by molar-refractivity contribution is 8.00. The van der Waals surface area contributed by atoms with Crippen molar-refractivity contribution in [2.75, 3.05) is 18.8 Å². The van der Waals surface area contributed by atoms with Gasteiger partial charge in [0.2, 0.25) is 5.91 Å². The molecule has 1 fully saturated rings. The number of thioether (sulfide) groups is 1. The molecule has 0 bridgehead atoms. The van der Waals surface area contributed by atoms with E-state index in [2.05, 4.69) is 16.9 Å². The summed E-state index contributed by atoms with van der Waals surface area (Å²) in [5.74, 6) is 1.52. The van der Waals surface area contributed by atoms with Crippen LogP contribution in [0.1, 0.15) is 30.8 Å². The standard InChI is InChI=1S/C16H21N3O2S/c1-11(16-17-13-4-2-3-5-14(13)18-16)22-10-15(21)19-8-6-12(20)7-9-19/h2-5,11-12,20H,6-10H2,1H3,(H,17,18). The Morgan fingerprint density at radius 2 is 2.18 bits per heavy atom. The Hall–Kier alpha value is -1.53. The maximum atomic E-state index is 12.2. The number of fused-ring (bicyclic) bond motifs is 1. The number of carbonyl (C=O) groups excluding carboxylic acids is 1. The number of piperidine rings is 1. The predicted octanol–water partition coefficient (Wildman–Crippen LogP) is 2.34. The van der Waals surface area contributed by atoms with Crippen LogP contribution in [0.15, 0.2) is 24.3 Å². The van der Waals surface area contributed by atoms with Crippen molar-refractivity contribution in [2.24, 2.45) is 0 Å². The van der Waals surface area contributed by atoms with Crippen molar-refractivity contribution >= 4 is 28.7 Å². The molecule has 1 atom stereocenters. The number of benzene rings is 1. The average molecular weight is 319 g/mol. The lowest BCUT2D eigenvalue weighted by Gasteiger charge is -2.29. The molecule has 0 aliphatic carbocycles. The highest BCUT2D eigenvalue weighted by Gasteiger charge is 2.22. The second-order valence-corrected chi connectivity index (χ2v) is 7.03. The number of nitrogens with one attached hydrogen (secondary N) is 1. The molecule has 1 aliphatic heterocycles. The molecule has 1 aliphatic rings. The molecule has 3 rings (SSSR count). The number of likely N-dealkylation sites (tertiary alicyclic amines) is 1. The summed E-state index contributed by atoms with van der Waals surface area (Å²) >= 11 is 1.60. The number of aliphatic hydroxyl groups excluding tert-OH is 1. The monoisotopic (exact) mass is 319 g/mol. The quantitative estimate of drug-likeness (QED) is 0.907. The molecular weight excluding hydrogens is 298 g/mol. The zero-order chi connectivity index (χ0) is 15.5. The fourth-order valence-electron chi connectivity index (χ4n) is 2.65. The number of aliphatic hydroxyl groups is 1. The molecule has 1 unspecified atom stereocenters. The number of carbonyl (C=O) groups is 1. The van der Waals surface area contributed by atoms with Gasteiger partial charge in [-0.2, -0.15) is 0 Å². The summed E-state index contributed by atoms with van der Waals surface area (Å²) in [6.45, 7) is 3.40. The van der Waals surface area contributed by atoms with Gasteiger partial charge in [0.15, 0.2) is 0 Å². The first-order chi connectivity index (χ1) is 10.6. The van der Waals surface area contributed by atoms with E-state index in [9.17, 15) is 9.90 Å². The van der Waals surface area contributed by atoms with Crippen molar-refractivity contribution in [3.8, 4) is 0 Å². The van der Waals surface area contributed by atoms with Crippen LogP contribution in [0.2, 0.25) is 0 Å². The van der Waals surface area contributed by atoms with Gasteiger partial charge >= 0.3 is 0 Å². The first-order valence-electron chi connectivity index (χ1n) is 7.65. The van der Waals surface area contributed by atoms with Crippen LogP contribution in [0.4, 0.5) is 0 Å². The largest absolute Gasteiger partial charge is 0.393 e. The van der Waals surface area contributed by atoms with Crippen molar-refractivity contribution < 1.29 is 9.90 Å². The molecule has 1 amide bonds. The third-order valence-electron chi connectivity index (χ3n) is 4.07. The molecule has 2 N–H and O–H groups in total. The van der Waals surface area contributed by atoms with E-state index in [0.717, 1.165) is 16.9 Å². The van der Waals surface area contributed by atoms with E-state index in [1.807, 2.05) is 29.2 Å². The smallest absolute Gasteiger partial charge is 0.232 e. The van der Waals surface area contributed by atoms with Crippen LogP contribution in [-0.4, -0.2) is 50.8 Å². The minimum absolute atomic E-state index is 0.145. The van der Waals surface area contributed by atoms with Crippen molar-refractivity contribution in [2.45, 2.75) is 31.1 Å². The van der Waals surface area contributed by atoms with Gasteiger partial charge in [0.1, 0.15) is 5.82 Å². The molecule has 118 valence electrons. The summed E-state index contributed by atoms with van der Waals surface area (Å²) in [7, 11) is 0. The number of rotatable bonds is 4. The number of para-hydroxylation sites is 2. The van der Waals surface area contributed by atoms with Gasteiger partial charge in [-0.15, -0.1) is 11.8 Å². The maximum absolute atomic E-state index is 12.2. The van der Waals surface area contributed by atoms with E-state index in [0.29, 0.717) is 31.7 Å². The molecule has 1 aromatic heterocycles. The van der Waals surface area contributed by atoms with Gasteiger partial charge in [0.05, 0.1) is 28.1 Å². The summed E-state index contributed by atoms with van der Waals surface area (Å²) in [5, 5.41) is 9.63. The SMILES string of the molecule is CC(SCC(=O)N1CCC(O)CC1)c1nc2ccccc2[nH]1. The van der Waals surface area contributed by atoms with Crippen LogP contribution in [-0.2, 0) is 4.79 Å². The van der Waals surface area contributed by atoms with E-state index in [4.69, 9.17) is 0 Å². The van der Waals surface area contributed by atoms with Crippen LogP contribution < -0.4 is 0 Å². The molecule has 0 radical (unpaired) electrons. The Morgan fingerprint density at radius 3 is 2.91 bits per heavy atom. The van der Waals surface area contributed by atoms with E-state index in [-0.39, 0.29) is 17.3 Å². The zero-order valence-corrected chi connectivity index (χ0v) is 13.5. The Bertz CT molecular complexity index is 617. The molecule has 1 saturated heterocycles. The Kier molecular flexibility index (Phi) is 4.69. The summed E-state index contributed by atoms with van der Waals surface area (Å²) in [4.78, 5) is 22.0. The number of H-pyrrole nitrogens is 1. The second-order valence-electron chi connectivity index (χ2n) is 5.70. The molecule has 2 aromatic rings. The Labute approximate surface area is 134 Å². The topological polar surface area (TPSA) is 69.2 Å². The van der Waals surface area contributed by atoms with Gasteiger partial charge < -0.3 is 15.0 Å². The van der Waals surface area contributed by atoms with E-state index in [1.54, 1.807) is 11.8 Å². The number of hydrogen-bond acceptors (Lipinski definition) is 4. The zero-order valence-electron chi connectivity index (χ0n) is 12.7. The highest BCUT2D eigenvalue weighted by atomic mass is 32.2. The van der Waals surface area contributed by atoms with Gasteiger partial charge in [0.25, 0.3) is 0 Å². The molecule has 6 heteroatoms. The summed E-state index contributed by atoms with van der Waals surface area (Å²) < 4.78 is 0. The Balaban J connectivity index is 1.55. The number of aromatic nitrogens is 2. The summed E-state index contributed by atoms with van der Waals surface area (Å²) in [6.07, 6.45) is 1.14. The number of amides is 1. The van der Waals surface area contributed by atoms with Gasteiger partial charge in [0, 0.05) is 13.1 Å². The highest BCUT2D eigenvalue weighted by Crippen LogP contribution is 2.28. The van der Waals surface area contributed by atoms with Crippen molar-refractivity contribution in [3.63, 3.8) is 0 Å². The number of aromatic amines is 1. The van der Waals surface area contributed by atoms with Gasteiger partial charge in [-0.05, 0) is 31.9 Å². The summed E-state index contributed by atoms with van der Waals surface area (Å²) in [6, 6.07) is 7.94. The second kappa shape index (κ2) is 6.71. The molecule has 0 saturated carbocycles. The third kappa shape index (κ3) is 3.44.